The van der Waals surface area contributed by atoms with Crippen LogP contribution in [0.3, 0.4) is 0 Å². The number of amides is 1. The number of aryl methyl sites for hydroxylation is 1. The molecule has 21 heavy (non-hydrogen) atoms. The van der Waals surface area contributed by atoms with Gasteiger partial charge in [-0.1, -0.05) is 18.2 Å². The molecule has 1 aromatic rings. The number of nitrogen functional groups attached to an aromatic ring is 1. The number of hydrogen-bond donors (Lipinski definition) is 3. The van der Waals surface area contributed by atoms with E-state index in [-0.39, 0.29) is 12.5 Å². The number of rotatable bonds is 7. The molecule has 118 valence electrons. The fourth-order valence-corrected chi connectivity index (χ4v) is 3.03. The molecule has 0 fully saturated rings. The topological polar surface area (TPSA) is 101 Å². The molecule has 0 radical (unpaired) electrons. The van der Waals surface area contributed by atoms with Crippen LogP contribution in [0.2, 0.25) is 0 Å². The van der Waals surface area contributed by atoms with Crippen molar-refractivity contribution < 1.29 is 13.2 Å². The van der Waals surface area contributed by atoms with E-state index >= 15 is 0 Å². The van der Waals surface area contributed by atoms with E-state index in [2.05, 4.69) is 10.0 Å². The molecule has 0 bridgehead atoms. The molecule has 0 saturated carbocycles. The molecule has 0 aliphatic rings. The maximum Gasteiger partial charge on any atom is 0.220 e. The Labute approximate surface area is 126 Å². The van der Waals surface area contributed by atoms with Gasteiger partial charge in [0.2, 0.25) is 15.9 Å². The summed E-state index contributed by atoms with van der Waals surface area (Å²) in [5.41, 5.74) is 6.69. The molecule has 1 rings (SSSR count). The average molecular weight is 313 g/mol. The first-order valence-electron chi connectivity index (χ1n) is 6.68. The van der Waals surface area contributed by atoms with Crippen molar-refractivity contribution in [2.45, 2.75) is 32.2 Å². The fourth-order valence-electron chi connectivity index (χ4n) is 1.96. The van der Waals surface area contributed by atoms with Gasteiger partial charge >= 0.3 is 0 Å². The van der Waals surface area contributed by atoms with E-state index in [1.807, 2.05) is 18.2 Å². The van der Waals surface area contributed by atoms with Crippen molar-refractivity contribution in [2.24, 2.45) is 0 Å². The maximum absolute atomic E-state index is 11.8. The Kier molecular flexibility index (Phi) is 5.74. The molecule has 7 heteroatoms. The van der Waals surface area contributed by atoms with Crippen molar-refractivity contribution in [2.75, 3.05) is 18.5 Å². The summed E-state index contributed by atoms with van der Waals surface area (Å²) in [6, 6.07) is 7.41. The van der Waals surface area contributed by atoms with Gasteiger partial charge in [0.05, 0.1) is 6.26 Å². The zero-order valence-corrected chi connectivity index (χ0v) is 13.5. The predicted molar refractivity (Wildman–Crippen MR) is 84.2 cm³/mol. The lowest BCUT2D eigenvalue weighted by atomic mass is 10.1. The molecule has 0 spiro atoms. The second kappa shape index (κ2) is 6.91. The molecule has 6 nitrogen and oxygen atoms in total. The second-order valence-electron chi connectivity index (χ2n) is 5.73. The third-order valence-electron chi connectivity index (χ3n) is 2.87. The summed E-state index contributed by atoms with van der Waals surface area (Å²) in [5.74, 6) is -0.137. The highest BCUT2D eigenvalue weighted by atomic mass is 32.2. The number of nitrogens with one attached hydrogen (secondary N) is 2. The lowest BCUT2D eigenvalue weighted by molar-refractivity contribution is -0.121. The quantitative estimate of drug-likeness (QED) is 0.643. The van der Waals surface area contributed by atoms with E-state index in [9.17, 15) is 13.2 Å². The number of benzene rings is 1. The van der Waals surface area contributed by atoms with Crippen LogP contribution in [0.25, 0.3) is 0 Å². The van der Waals surface area contributed by atoms with Gasteiger partial charge in [0.25, 0.3) is 0 Å². The minimum Gasteiger partial charge on any atom is -0.399 e. The third kappa shape index (κ3) is 7.10. The van der Waals surface area contributed by atoms with Crippen molar-refractivity contribution in [3.05, 3.63) is 29.8 Å². The molecule has 1 amide bonds. The minimum atomic E-state index is -3.31. The van der Waals surface area contributed by atoms with Gasteiger partial charge in [-0.2, -0.15) is 0 Å². The molecular weight excluding hydrogens is 290 g/mol. The number of carbonyl (C=O) groups is 1. The highest BCUT2D eigenvalue weighted by Crippen LogP contribution is 2.12. The Morgan fingerprint density at radius 2 is 1.90 bits per heavy atom. The van der Waals surface area contributed by atoms with Gasteiger partial charge in [0.15, 0.2) is 0 Å². The molecule has 0 saturated heterocycles. The lowest BCUT2D eigenvalue weighted by Gasteiger charge is -2.25. The fraction of sp³-hybridized carbons (Fsp3) is 0.500. The predicted octanol–water partition coefficient (Wildman–Crippen LogP) is 0.645. The van der Waals surface area contributed by atoms with Crippen LogP contribution in [-0.2, 0) is 21.2 Å². The number of nitrogens with two attached hydrogens (primary N) is 1. The van der Waals surface area contributed by atoms with E-state index in [0.717, 1.165) is 11.8 Å². The number of anilines is 1. The largest absolute Gasteiger partial charge is 0.399 e. The van der Waals surface area contributed by atoms with E-state index < -0.39 is 15.6 Å². The highest BCUT2D eigenvalue weighted by Gasteiger charge is 2.22. The van der Waals surface area contributed by atoms with Crippen LogP contribution in [-0.4, -0.2) is 32.7 Å². The zero-order chi connectivity index (χ0) is 16.1. The van der Waals surface area contributed by atoms with Crippen molar-refractivity contribution in [3.63, 3.8) is 0 Å². The Bertz CT molecular complexity index is 597. The van der Waals surface area contributed by atoms with Gasteiger partial charge in [0.1, 0.15) is 0 Å². The van der Waals surface area contributed by atoms with Crippen LogP contribution in [0.1, 0.15) is 25.8 Å². The Morgan fingerprint density at radius 3 is 2.48 bits per heavy atom. The van der Waals surface area contributed by atoms with Crippen LogP contribution in [0.15, 0.2) is 24.3 Å². The standard InChI is InChI=1S/C14H23N3O3S/c1-14(2,17-21(3,19)20)10-16-13(18)9-8-11-6-4-5-7-12(11)15/h4-7,17H,8-10,15H2,1-3H3,(H,16,18). The zero-order valence-electron chi connectivity index (χ0n) is 12.6. The molecule has 1 aromatic carbocycles. The molecule has 0 aliphatic carbocycles. The molecule has 0 unspecified atom stereocenters. The van der Waals surface area contributed by atoms with Gasteiger partial charge in [-0.3, -0.25) is 4.79 Å². The summed E-state index contributed by atoms with van der Waals surface area (Å²) < 4.78 is 24.9. The summed E-state index contributed by atoms with van der Waals surface area (Å²) >= 11 is 0. The molecule has 0 aromatic heterocycles. The van der Waals surface area contributed by atoms with Gasteiger partial charge in [0, 0.05) is 24.2 Å². The monoisotopic (exact) mass is 313 g/mol. The maximum atomic E-state index is 11.8. The Morgan fingerprint density at radius 1 is 1.29 bits per heavy atom. The summed E-state index contributed by atoms with van der Waals surface area (Å²) in [6.45, 7) is 3.65. The smallest absolute Gasteiger partial charge is 0.220 e. The Balaban J connectivity index is 2.43. The average Bonchev–Trinajstić information content (AvgIpc) is 2.33. The van der Waals surface area contributed by atoms with Gasteiger partial charge < -0.3 is 11.1 Å². The van der Waals surface area contributed by atoms with Crippen LogP contribution < -0.4 is 15.8 Å². The summed E-state index contributed by atoms with van der Waals surface area (Å²) in [5, 5.41) is 2.73. The summed E-state index contributed by atoms with van der Waals surface area (Å²) in [7, 11) is -3.31. The number of hydrogen-bond acceptors (Lipinski definition) is 4. The van der Waals surface area contributed by atoms with Gasteiger partial charge in [-0.15, -0.1) is 0 Å². The van der Waals surface area contributed by atoms with Crippen LogP contribution in [0.5, 0.6) is 0 Å². The summed E-state index contributed by atoms with van der Waals surface area (Å²) in [4.78, 5) is 11.8. The molecule has 0 aliphatic heterocycles. The summed E-state index contributed by atoms with van der Waals surface area (Å²) in [6.07, 6.45) is 1.95. The Hall–Kier alpha value is -1.60. The van der Waals surface area contributed by atoms with E-state index in [1.54, 1.807) is 19.9 Å². The van der Waals surface area contributed by atoms with E-state index in [1.165, 1.54) is 0 Å². The third-order valence-corrected chi connectivity index (χ3v) is 3.79. The SMILES string of the molecule is CC(C)(CNC(=O)CCc1ccccc1N)NS(C)(=O)=O. The van der Waals surface area contributed by atoms with Crippen molar-refractivity contribution >= 4 is 21.6 Å². The van der Waals surface area contributed by atoms with E-state index in [4.69, 9.17) is 5.73 Å². The van der Waals surface area contributed by atoms with Crippen molar-refractivity contribution in [3.8, 4) is 0 Å². The molecule has 4 N–H and O–H groups in total. The number of sulfonamides is 1. The lowest BCUT2D eigenvalue weighted by Crippen LogP contribution is -2.51. The van der Waals surface area contributed by atoms with Crippen LogP contribution in [0, 0.1) is 0 Å². The normalized spacial score (nSPS) is 12.1. The van der Waals surface area contributed by atoms with Gasteiger partial charge in [-0.25, -0.2) is 13.1 Å². The first kappa shape index (κ1) is 17.5. The van der Waals surface area contributed by atoms with E-state index in [0.29, 0.717) is 18.5 Å². The van der Waals surface area contributed by atoms with Gasteiger partial charge in [-0.05, 0) is 31.9 Å². The van der Waals surface area contributed by atoms with Crippen LogP contribution in [0.4, 0.5) is 5.69 Å². The first-order chi connectivity index (χ1) is 9.59. The molecule has 0 heterocycles. The van der Waals surface area contributed by atoms with Crippen LogP contribution >= 0.6 is 0 Å². The second-order valence-corrected chi connectivity index (χ2v) is 7.48. The minimum absolute atomic E-state index is 0.137. The molecule has 0 atom stereocenters. The molecular formula is C14H23N3O3S. The highest BCUT2D eigenvalue weighted by molar-refractivity contribution is 7.88. The van der Waals surface area contributed by atoms with Crippen molar-refractivity contribution in [1.29, 1.82) is 0 Å². The first-order valence-corrected chi connectivity index (χ1v) is 8.57. The number of para-hydroxylation sites is 1. The number of carbonyl (C=O) groups excluding carboxylic acids is 1. The van der Waals surface area contributed by atoms with Crippen molar-refractivity contribution in [1.82, 2.24) is 10.0 Å².